The molecule has 0 radical (unpaired) electrons. The van der Waals surface area contributed by atoms with E-state index in [4.69, 9.17) is 0 Å². The first kappa shape index (κ1) is 10.4. The lowest BCUT2D eigenvalue weighted by molar-refractivity contribution is 0.221. The first-order chi connectivity index (χ1) is 6.15. The third-order valence-corrected chi connectivity index (χ3v) is 2.02. The Bertz CT molecular complexity index is 306. The molecule has 0 aromatic heterocycles. The third-order valence-electron chi connectivity index (χ3n) is 1.42. The molecule has 1 rings (SSSR count). The van der Waals surface area contributed by atoms with E-state index in [1.54, 1.807) is 0 Å². The van der Waals surface area contributed by atoms with Gasteiger partial charge in [-0.05, 0) is 22.0 Å². The maximum atomic E-state index is 13.0. The number of ether oxygens (including phenoxy) is 1. The van der Waals surface area contributed by atoms with Crippen molar-refractivity contribution in [2.24, 2.45) is 0 Å². The maximum Gasteiger partial charge on any atom is 0.147 e. The highest BCUT2D eigenvalue weighted by Gasteiger charge is 2.06. The molecule has 1 aromatic rings. The molecule has 0 aliphatic carbocycles. The summed E-state index contributed by atoms with van der Waals surface area (Å²) >= 11 is 2.87. The van der Waals surface area contributed by atoms with E-state index >= 15 is 0 Å². The zero-order valence-electron chi connectivity index (χ0n) is 6.90. The van der Waals surface area contributed by atoms with Crippen LogP contribution in [0.2, 0.25) is 0 Å². The van der Waals surface area contributed by atoms with Crippen molar-refractivity contribution in [1.29, 1.82) is 0 Å². The molecule has 0 bridgehead atoms. The summed E-state index contributed by atoms with van der Waals surface area (Å²) in [6, 6.07) is 2.13. The Kier molecular flexibility index (Phi) is 3.62. The number of methoxy groups -OCH3 is 1. The number of anilines is 1. The average molecular weight is 252 g/mol. The van der Waals surface area contributed by atoms with E-state index in [0.29, 0.717) is 0 Å². The topological polar surface area (TPSA) is 21.3 Å². The van der Waals surface area contributed by atoms with Gasteiger partial charge in [0.25, 0.3) is 0 Å². The predicted molar refractivity (Wildman–Crippen MR) is 49.6 cm³/mol. The Balaban J connectivity index is 2.88. The molecule has 1 aromatic carbocycles. The number of rotatable bonds is 3. The van der Waals surface area contributed by atoms with E-state index in [1.807, 2.05) is 0 Å². The molecule has 0 saturated heterocycles. The van der Waals surface area contributed by atoms with Gasteiger partial charge < -0.3 is 10.1 Å². The lowest BCUT2D eigenvalue weighted by atomic mass is 10.3. The largest absolute Gasteiger partial charge is 0.365 e. The van der Waals surface area contributed by atoms with Crippen molar-refractivity contribution < 1.29 is 13.5 Å². The van der Waals surface area contributed by atoms with E-state index in [9.17, 15) is 8.78 Å². The van der Waals surface area contributed by atoms with Crippen LogP contribution in [-0.2, 0) is 4.74 Å². The molecule has 0 fully saturated rings. The first-order valence-electron chi connectivity index (χ1n) is 3.52. The van der Waals surface area contributed by atoms with Gasteiger partial charge in [-0.2, -0.15) is 0 Å². The van der Waals surface area contributed by atoms with Gasteiger partial charge in [0, 0.05) is 13.2 Å². The Labute approximate surface area is 83.0 Å². The molecule has 0 heterocycles. The summed E-state index contributed by atoms with van der Waals surface area (Å²) in [5, 5.41) is 2.57. The van der Waals surface area contributed by atoms with Gasteiger partial charge in [-0.3, -0.25) is 0 Å². The molecule has 2 nitrogen and oxygen atoms in total. The SMILES string of the molecule is COCNc1cc(F)c(Br)cc1F. The predicted octanol–water partition coefficient (Wildman–Crippen LogP) is 2.74. The highest BCUT2D eigenvalue weighted by molar-refractivity contribution is 9.10. The number of halogens is 3. The Morgan fingerprint density at radius 3 is 2.69 bits per heavy atom. The molecule has 0 spiro atoms. The standard InChI is InChI=1S/C8H8BrF2NO/c1-13-4-12-8-3-6(10)5(9)2-7(8)11/h2-3,12H,4H2,1H3. The zero-order chi connectivity index (χ0) is 9.84. The van der Waals surface area contributed by atoms with E-state index in [1.165, 1.54) is 7.11 Å². The fourth-order valence-corrected chi connectivity index (χ4v) is 1.12. The molecule has 13 heavy (non-hydrogen) atoms. The Hall–Kier alpha value is -0.680. The van der Waals surface area contributed by atoms with Crippen LogP contribution in [0.5, 0.6) is 0 Å². The van der Waals surface area contributed by atoms with Crippen LogP contribution < -0.4 is 5.32 Å². The maximum absolute atomic E-state index is 13.0. The van der Waals surface area contributed by atoms with Gasteiger partial charge in [0.15, 0.2) is 0 Å². The fraction of sp³-hybridized carbons (Fsp3) is 0.250. The summed E-state index contributed by atoms with van der Waals surface area (Å²) in [7, 11) is 1.46. The second kappa shape index (κ2) is 4.53. The van der Waals surface area contributed by atoms with Crippen molar-refractivity contribution >= 4 is 21.6 Å². The van der Waals surface area contributed by atoms with Gasteiger partial charge in [-0.25, -0.2) is 8.78 Å². The highest BCUT2D eigenvalue weighted by Crippen LogP contribution is 2.22. The molecule has 72 valence electrons. The normalized spacial score (nSPS) is 10.2. The molecule has 0 amide bonds. The van der Waals surface area contributed by atoms with Crippen LogP contribution in [0.1, 0.15) is 0 Å². The zero-order valence-corrected chi connectivity index (χ0v) is 8.49. The van der Waals surface area contributed by atoms with E-state index < -0.39 is 11.6 Å². The highest BCUT2D eigenvalue weighted by atomic mass is 79.9. The summed E-state index contributed by atoms with van der Waals surface area (Å²) in [5.41, 5.74) is 0.0857. The van der Waals surface area contributed by atoms with Gasteiger partial charge in [0.1, 0.15) is 18.4 Å². The lowest BCUT2D eigenvalue weighted by Gasteiger charge is -2.06. The molecule has 0 saturated carbocycles. The second-order valence-corrected chi connectivity index (χ2v) is 3.21. The smallest absolute Gasteiger partial charge is 0.147 e. The molecule has 0 atom stereocenters. The average Bonchev–Trinajstić information content (AvgIpc) is 2.09. The Morgan fingerprint density at radius 2 is 2.08 bits per heavy atom. The van der Waals surface area contributed by atoms with Crippen LogP contribution in [0.25, 0.3) is 0 Å². The van der Waals surface area contributed by atoms with Crippen molar-refractivity contribution in [2.75, 3.05) is 19.2 Å². The van der Waals surface area contributed by atoms with Crippen LogP contribution in [0, 0.1) is 11.6 Å². The second-order valence-electron chi connectivity index (χ2n) is 2.36. The van der Waals surface area contributed by atoms with Crippen molar-refractivity contribution in [3.63, 3.8) is 0 Å². The quantitative estimate of drug-likeness (QED) is 0.659. The van der Waals surface area contributed by atoms with Crippen molar-refractivity contribution in [2.45, 2.75) is 0 Å². The Morgan fingerprint density at radius 1 is 1.38 bits per heavy atom. The van der Waals surface area contributed by atoms with Gasteiger partial charge in [0.05, 0.1) is 10.2 Å². The minimum absolute atomic E-state index is 0.0857. The summed E-state index contributed by atoms with van der Waals surface area (Å²) in [6.45, 7) is 0.137. The molecule has 5 heteroatoms. The summed E-state index contributed by atoms with van der Waals surface area (Å²) < 4.78 is 30.7. The molecular weight excluding hydrogens is 244 g/mol. The van der Waals surface area contributed by atoms with Crippen LogP contribution in [0.3, 0.4) is 0 Å². The van der Waals surface area contributed by atoms with Crippen LogP contribution in [0.15, 0.2) is 16.6 Å². The molecular formula is C8H8BrF2NO. The van der Waals surface area contributed by atoms with Gasteiger partial charge in [-0.15, -0.1) is 0 Å². The van der Waals surface area contributed by atoms with Crippen LogP contribution >= 0.6 is 15.9 Å². The van der Waals surface area contributed by atoms with Crippen LogP contribution in [-0.4, -0.2) is 13.8 Å². The van der Waals surface area contributed by atoms with Crippen molar-refractivity contribution in [3.8, 4) is 0 Å². The van der Waals surface area contributed by atoms with Gasteiger partial charge >= 0.3 is 0 Å². The number of nitrogens with one attached hydrogen (secondary N) is 1. The summed E-state index contributed by atoms with van der Waals surface area (Å²) in [4.78, 5) is 0. The first-order valence-corrected chi connectivity index (χ1v) is 4.32. The number of hydrogen-bond donors (Lipinski definition) is 1. The van der Waals surface area contributed by atoms with Crippen LogP contribution in [0.4, 0.5) is 14.5 Å². The third kappa shape index (κ3) is 2.63. The van der Waals surface area contributed by atoms with E-state index in [2.05, 4.69) is 26.0 Å². The molecule has 0 aliphatic heterocycles. The molecule has 0 unspecified atom stereocenters. The summed E-state index contributed by atoms with van der Waals surface area (Å²) in [6.07, 6.45) is 0. The summed E-state index contributed by atoms with van der Waals surface area (Å²) in [5.74, 6) is -1.04. The van der Waals surface area contributed by atoms with E-state index in [-0.39, 0.29) is 16.9 Å². The van der Waals surface area contributed by atoms with Gasteiger partial charge in [0.2, 0.25) is 0 Å². The lowest BCUT2D eigenvalue weighted by Crippen LogP contribution is -2.05. The number of hydrogen-bond acceptors (Lipinski definition) is 2. The minimum atomic E-state index is -0.523. The minimum Gasteiger partial charge on any atom is -0.365 e. The fourth-order valence-electron chi connectivity index (χ4n) is 0.808. The van der Waals surface area contributed by atoms with Gasteiger partial charge in [-0.1, -0.05) is 0 Å². The molecule has 1 N–H and O–H groups in total. The monoisotopic (exact) mass is 251 g/mol. The van der Waals surface area contributed by atoms with E-state index in [0.717, 1.165) is 12.1 Å². The van der Waals surface area contributed by atoms with Crippen molar-refractivity contribution in [3.05, 3.63) is 28.2 Å². The van der Waals surface area contributed by atoms with Crippen molar-refractivity contribution in [1.82, 2.24) is 0 Å². The number of benzene rings is 1. The molecule has 0 aliphatic rings.